The van der Waals surface area contributed by atoms with Crippen LogP contribution in [0.3, 0.4) is 0 Å². The van der Waals surface area contributed by atoms with Crippen LogP contribution in [-0.4, -0.2) is 13.2 Å². The van der Waals surface area contributed by atoms with E-state index >= 15 is 0 Å². The molecule has 1 aliphatic carbocycles. The van der Waals surface area contributed by atoms with Gasteiger partial charge in [0.15, 0.2) is 0 Å². The molecule has 2 nitrogen and oxygen atoms in total. The minimum absolute atomic E-state index is 0.855. The summed E-state index contributed by atoms with van der Waals surface area (Å²) in [6.45, 7) is 4.99. The third kappa shape index (κ3) is 4.62. The fourth-order valence-corrected chi connectivity index (χ4v) is 2.31. The first-order chi connectivity index (χ1) is 8.79. The Bertz CT molecular complexity index is 377. The second-order valence-electron chi connectivity index (χ2n) is 5.01. The topological polar surface area (TPSA) is 21.3 Å². The monoisotopic (exact) mass is 311 g/mol. The summed E-state index contributed by atoms with van der Waals surface area (Å²) in [6.07, 6.45) is 5.17. The molecule has 0 radical (unpaired) electrons. The summed E-state index contributed by atoms with van der Waals surface area (Å²) in [7, 11) is 0. The van der Waals surface area contributed by atoms with Crippen molar-refractivity contribution in [2.45, 2.75) is 39.2 Å². The van der Waals surface area contributed by atoms with Crippen molar-refractivity contribution in [3.05, 3.63) is 28.2 Å². The van der Waals surface area contributed by atoms with Crippen molar-refractivity contribution in [2.24, 2.45) is 5.92 Å². The molecule has 1 saturated carbocycles. The Hall–Kier alpha value is -0.540. The maximum absolute atomic E-state index is 5.81. The van der Waals surface area contributed by atoms with Crippen LogP contribution in [0.4, 0.5) is 0 Å². The molecule has 0 saturated heterocycles. The van der Waals surface area contributed by atoms with Gasteiger partial charge in [0.05, 0.1) is 6.61 Å². The van der Waals surface area contributed by atoms with E-state index in [-0.39, 0.29) is 0 Å². The summed E-state index contributed by atoms with van der Waals surface area (Å²) in [5.41, 5.74) is 1.27. The number of halogens is 1. The number of rotatable bonds is 8. The van der Waals surface area contributed by atoms with Crippen molar-refractivity contribution < 1.29 is 4.74 Å². The van der Waals surface area contributed by atoms with Crippen LogP contribution >= 0.6 is 15.9 Å². The zero-order valence-electron chi connectivity index (χ0n) is 11.0. The van der Waals surface area contributed by atoms with E-state index in [1.807, 2.05) is 6.07 Å². The van der Waals surface area contributed by atoms with E-state index < -0.39 is 0 Å². The lowest BCUT2D eigenvalue weighted by molar-refractivity contribution is 0.302. The maximum atomic E-state index is 5.81. The Labute approximate surface area is 118 Å². The average molecular weight is 312 g/mol. The van der Waals surface area contributed by atoms with Crippen LogP contribution in [0.15, 0.2) is 22.7 Å². The van der Waals surface area contributed by atoms with Gasteiger partial charge in [-0.1, -0.05) is 35.7 Å². The normalized spacial score (nSPS) is 14.8. The molecule has 0 amide bonds. The Morgan fingerprint density at radius 3 is 2.94 bits per heavy atom. The van der Waals surface area contributed by atoms with E-state index in [0.29, 0.717) is 0 Å². The van der Waals surface area contributed by atoms with Gasteiger partial charge in [0, 0.05) is 11.0 Å². The smallest absolute Gasteiger partial charge is 0.119 e. The summed E-state index contributed by atoms with van der Waals surface area (Å²) >= 11 is 3.59. The van der Waals surface area contributed by atoms with Crippen LogP contribution in [0.25, 0.3) is 0 Å². The van der Waals surface area contributed by atoms with Gasteiger partial charge in [-0.05, 0) is 49.1 Å². The molecule has 1 fully saturated rings. The van der Waals surface area contributed by atoms with Crippen molar-refractivity contribution in [2.75, 3.05) is 13.2 Å². The van der Waals surface area contributed by atoms with Gasteiger partial charge < -0.3 is 10.1 Å². The van der Waals surface area contributed by atoms with E-state index in [9.17, 15) is 0 Å². The first-order valence-electron chi connectivity index (χ1n) is 6.91. The van der Waals surface area contributed by atoms with Gasteiger partial charge in [-0.15, -0.1) is 0 Å². The lowest BCUT2D eigenvalue weighted by atomic mass is 10.2. The van der Waals surface area contributed by atoms with E-state index in [1.54, 1.807) is 0 Å². The van der Waals surface area contributed by atoms with Crippen molar-refractivity contribution in [1.29, 1.82) is 0 Å². The highest BCUT2D eigenvalue weighted by Crippen LogP contribution is 2.32. The van der Waals surface area contributed by atoms with Gasteiger partial charge in [0.25, 0.3) is 0 Å². The standard InChI is InChI=1S/C15H22BrNO/c1-2-8-17-11-13-10-14(5-6-15(13)16)18-9-7-12-3-4-12/h5-6,10,12,17H,2-4,7-9,11H2,1H3. The predicted octanol–water partition coefficient (Wildman–Crippen LogP) is 4.13. The quantitative estimate of drug-likeness (QED) is 0.729. The third-order valence-electron chi connectivity index (χ3n) is 3.25. The van der Waals surface area contributed by atoms with Crippen LogP contribution < -0.4 is 10.1 Å². The predicted molar refractivity (Wildman–Crippen MR) is 79.0 cm³/mol. The summed E-state index contributed by atoms with van der Waals surface area (Å²) < 4.78 is 6.96. The minimum atomic E-state index is 0.855. The number of benzene rings is 1. The molecule has 0 unspecified atom stereocenters. The molecule has 1 N–H and O–H groups in total. The lowest BCUT2D eigenvalue weighted by Crippen LogP contribution is -2.14. The number of hydrogen-bond acceptors (Lipinski definition) is 2. The molecule has 100 valence electrons. The van der Waals surface area contributed by atoms with E-state index in [2.05, 4.69) is 40.3 Å². The minimum Gasteiger partial charge on any atom is -0.494 e. The Kier molecular flexibility index (Phi) is 5.51. The van der Waals surface area contributed by atoms with Crippen molar-refractivity contribution in [1.82, 2.24) is 5.32 Å². The largest absolute Gasteiger partial charge is 0.494 e. The fourth-order valence-electron chi connectivity index (χ4n) is 1.93. The van der Waals surface area contributed by atoms with Crippen LogP contribution in [0.2, 0.25) is 0 Å². The first kappa shape index (κ1) is 13.9. The highest BCUT2D eigenvalue weighted by molar-refractivity contribution is 9.10. The second kappa shape index (κ2) is 7.15. The van der Waals surface area contributed by atoms with Crippen molar-refractivity contribution >= 4 is 15.9 Å². The molecule has 0 atom stereocenters. The molecule has 18 heavy (non-hydrogen) atoms. The number of hydrogen-bond donors (Lipinski definition) is 1. The van der Waals surface area contributed by atoms with E-state index in [4.69, 9.17) is 4.74 Å². The van der Waals surface area contributed by atoms with E-state index in [1.165, 1.54) is 24.8 Å². The van der Waals surface area contributed by atoms with Crippen LogP contribution in [0.5, 0.6) is 5.75 Å². The molecule has 1 aromatic rings. The highest BCUT2D eigenvalue weighted by Gasteiger charge is 2.20. The highest BCUT2D eigenvalue weighted by atomic mass is 79.9. The molecule has 0 spiro atoms. The Morgan fingerprint density at radius 1 is 1.39 bits per heavy atom. The molecular formula is C15H22BrNO. The molecular weight excluding hydrogens is 290 g/mol. The number of nitrogens with one attached hydrogen (secondary N) is 1. The lowest BCUT2D eigenvalue weighted by Gasteiger charge is -2.10. The molecule has 3 heteroatoms. The SMILES string of the molecule is CCCNCc1cc(OCCC2CC2)ccc1Br. The fraction of sp³-hybridized carbons (Fsp3) is 0.600. The summed E-state index contributed by atoms with van der Waals surface area (Å²) in [6, 6.07) is 6.26. The van der Waals surface area contributed by atoms with Gasteiger partial charge in [-0.25, -0.2) is 0 Å². The molecule has 0 aliphatic heterocycles. The third-order valence-corrected chi connectivity index (χ3v) is 4.02. The van der Waals surface area contributed by atoms with Gasteiger partial charge in [0.2, 0.25) is 0 Å². The molecule has 1 aliphatic rings. The summed E-state index contributed by atoms with van der Waals surface area (Å²) in [5.74, 6) is 1.93. The Balaban J connectivity index is 1.83. The van der Waals surface area contributed by atoms with Crippen molar-refractivity contribution in [3.63, 3.8) is 0 Å². The van der Waals surface area contributed by atoms with Crippen LogP contribution in [-0.2, 0) is 6.54 Å². The van der Waals surface area contributed by atoms with Crippen LogP contribution in [0, 0.1) is 5.92 Å². The second-order valence-corrected chi connectivity index (χ2v) is 5.86. The molecule has 2 rings (SSSR count). The van der Waals surface area contributed by atoms with Gasteiger partial charge in [-0.3, -0.25) is 0 Å². The van der Waals surface area contributed by atoms with E-state index in [0.717, 1.165) is 42.3 Å². The molecule has 0 aromatic heterocycles. The van der Waals surface area contributed by atoms with Crippen LogP contribution in [0.1, 0.15) is 38.2 Å². The van der Waals surface area contributed by atoms with Crippen molar-refractivity contribution in [3.8, 4) is 5.75 Å². The number of ether oxygens (including phenoxy) is 1. The van der Waals surface area contributed by atoms with Gasteiger partial charge in [0.1, 0.15) is 5.75 Å². The van der Waals surface area contributed by atoms with Gasteiger partial charge in [-0.2, -0.15) is 0 Å². The first-order valence-corrected chi connectivity index (χ1v) is 7.71. The maximum Gasteiger partial charge on any atom is 0.119 e. The zero-order chi connectivity index (χ0) is 12.8. The molecule has 0 heterocycles. The summed E-state index contributed by atoms with van der Waals surface area (Å²) in [5, 5.41) is 3.42. The molecule has 1 aromatic carbocycles. The summed E-state index contributed by atoms with van der Waals surface area (Å²) in [4.78, 5) is 0. The van der Waals surface area contributed by atoms with Gasteiger partial charge >= 0.3 is 0 Å². The molecule has 0 bridgehead atoms. The average Bonchev–Trinajstić information content (AvgIpc) is 3.17. The zero-order valence-corrected chi connectivity index (χ0v) is 12.6. The Morgan fingerprint density at radius 2 is 2.22 bits per heavy atom.